The fourth-order valence-corrected chi connectivity index (χ4v) is 14.4. The Morgan fingerprint density at radius 1 is 0.673 bits per heavy atom. The largest absolute Gasteiger partial charge is 0.432 e. The maximum atomic E-state index is 14.6. The molecule has 0 amide bonds. The molecule has 7 aliphatic rings. The first-order chi connectivity index (χ1) is 25.7. The first kappa shape index (κ1) is 41.9. The lowest BCUT2D eigenvalue weighted by Crippen LogP contribution is -2.68. The first-order valence-corrected chi connectivity index (χ1v) is 20.9. The van der Waals surface area contributed by atoms with Crippen LogP contribution in [-0.4, -0.2) is 128 Å². The molecule has 7 fully saturated rings. The Bertz CT molecular complexity index is 1450. The molecular weight excluding hydrogens is 712 g/mol. The highest BCUT2D eigenvalue weighted by molar-refractivity contribution is 5.78. The van der Waals surface area contributed by atoms with Gasteiger partial charge in [0.05, 0.1) is 24.7 Å². The van der Waals surface area contributed by atoms with E-state index in [0.717, 1.165) is 56.9 Å². The van der Waals surface area contributed by atoms with E-state index < -0.39 is 86.0 Å². The minimum atomic E-state index is -1.66. The third-order valence-corrected chi connectivity index (χ3v) is 17.6. The predicted octanol–water partition coefficient (Wildman–Crippen LogP) is 2.17. The summed E-state index contributed by atoms with van der Waals surface area (Å²) < 4.78 is 23.9. The van der Waals surface area contributed by atoms with E-state index >= 15 is 0 Å². The van der Waals surface area contributed by atoms with Crippen molar-refractivity contribution in [1.82, 2.24) is 0 Å². The number of fused-ring (bicyclic) bond motifs is 7. The van der Waals surface area contributed by atoms with Crippen LogP contribution in [0.3, 0.4) is 0 Å². The Morgan fingerprint density at radius 3 is 1.87 bits per heavy atom. The molecule has 2 heterocycles. The number of aliphatic hydroxyl groups excluding tert-OH is 8. The summed E-state index contributed by atoms with van der Waals surface area (Å²) in [5, 5.41) is 82.7. The van der Waals surface area contributed by atoms with E-state index in [0.29, 0.717) is 24.7 Å². The lowest BCUT2D eigenvalue weighted by molar-refractivity contribution is -0.332. The van der Waals surface area contributed by atoms with Gasteiger partial charge >= 0.3 is 5.97 Å². The molecule has 55 heavy (non-hydrogen) atoms. The molecule has 2 saturated heterocycles. The summed E-state index contributed by atoms with van der Waals surface area (Å²) in [4.78, 5) is 14.6. The van der Waals surface area contributed by atoms with Gasteiger partial charge < -0.3 is 59.8 Å². The van der Waals surface area contributed by atoms with Crippen molar-refractivity contribution in [3.63, 3.8) is 0 Å². The second kappa shape index (κ2) is 14.5. The number of rotatable bonds is 7. The van der Waals surface area contributed by atoms with Crippen LogP contribution >= 0.6 is 0 Å². The zero-order valence-corrected chi connectivity index (χ0v) is 33.5. The summed E-state index contributed by atoms with van der Waals surface area (Å²) in [6.07, 6.45) is -5.89. The van der Waals surface area contributed by atoms with E-state index in [-0.39, 0.29) is 45.5 Å². The van der Waals surface area contributed by atoms with Crippen LogP contribution in [0.5, 0.6) is 0 Å². The zero-order valence-electron chi connectivity index (χ0n) is 33.5. The Labute approximate surface area is 325 Å². The molecule has 5 saturated carbocycles. The van der Waals surface area contributed by atoms with Crippen molar-refractivity contribution in [2.24, 2.45) is 56.7 Å². The number of carbonyl (C=O) groups is 1. The Balaban J connectivity index is 1.13. The van der Waals surface area contributed by atoms with Crippen LogP contribution in [-0.2, 0) is 23.7 Å². The standard InChI is InChI=1S/C42H68O13/c1-20(2)21-10-15-42(37(51)55-36-34(50)32(48)30(46)24(19-44)53-36)17-16-40(6)22(28(21)42)8-9-26-39(5)13-12-27(38(3,4)25(39)11-14-41(26,40)7)54-35-33(49)31(47)29(45)23(18-43)52-35/h21-36,43-50H,1,8-19H2,2-7H3/t21-,22?,23+,24+,25-,26+,27-,28-,29+,30+,31-,32-,33+,34+,35-,36-,39-,40+,41+,42-/m0/s1. The van der Waals surface area contributed by atoms with Crippen molar-refractivity contribution in [2.75, 3.05) is 13.2 Å². The Kier molecular flexibility index (Phi) is 11.0. The van der Waals surface area contributed by atoms with Gasteiger partial charge in [-0.15, -0.1) is 0 Å². The van der Waals surface area contributed by atoms with Crippen molar-refractivity contribution in [2.45, 2.75) is 173 Å². The number of ether oxygens (including phenoxy) is 4. The molecule has 0 aromatic carbocycles. The highest BCUT2D eigenvalue weighted by atomic mass is 16.7. The molecule has 314 valence electrons. The van der Waals surface area contributed by atoms with Gasteiger partial charge in [0.2, 0.25) is 6.29 Å². The molecule has 2 aliphatic heterocycles. The van der Waals surface area contributed by atoms with Gasteiger partial charge in [-0.3, -0.25) is 4.79 Å². The molecular formula is C42H68O13. The highest BCUT2D eigenvalue weighted by Crippen LogP contribution is 2.77. The van der Waals surface area contributed by atoms with Crippen molar-refractivity contribution >= 4 is 5.97 Å². The van der Waals surface area contributed by atoms with E-state index in [4.69, 9.17) is 18.9 Å². The van der Waals surface area contributed by atoms with Crippen LogP contribution in [0.25, 0.3) is 0 Å². The smallest absolute Gasteiger partial charge is 0.314 e. The van der Waals surface area contributed by atoms with E-state index in [1.54, 1.807) is 0 Å². The highest BCUT2D eigenvalue weighted by Gasteiger charge is 2.72. The van der Waals surface area contributed by atoms with Gasteiger partial charge in [0.1, 0.15) is 48.8 Å². The molecule has 13 nitrogen and oxygen atoms in total. The van der Waals surface area contributed by atoms with Crippen LogP contribution in [0.1, 0.15) is 106 Å². The van der Waals surface area contributed by atoms with Crippen molar-refractivity contribution in [3.8, 4) is 0 Å². The van der Waals surface area contributed by atoms with Gasteiger partial charge in [-0.2, -0.15) is 0 Å². The quantitative estimate of drug-likeness (QED) is 0.106. The number of aliphatic hydroxyl groups is 8. The SMILES string of the molecule is C=C(C)[C@@H]1CC[C@]2(C(=O)O[C@@H]3O[C@H](CO)[C@@H](O)[C@H](O)[C@H]3O)CC[C@]3(C)C(CC[C@@H]4[C@@]5(C)CC[C@H](O[C@@H]6O[C@H](CO)[C@@H](O)[C@H](O)[C@H]6O)C(C)(C)[C@@H]5CC[C@]43C)[C@H]12. The molecule has 7 rings (SSSR count). The number of hydrogen-bond acceptors (Lipinski definition) is 13. The van der Waals surface area contributed by atoms with Crippen molar-refractivity contribution < 1.29 is 64.6 Å². The molecule has 0 aromatic heterocycles. The van der Waals surface area contributed by atoms with Crippen molar-refractivity contribution in [3.05, 3.63) is 12.2 Å². The summed E-state index contributed by atoms with van der Waals surface area (Å²) in [5.74, 6) is 0.568. The first-order valence-electron chi connectivity index (χ1n) is 20.9. The molecule has 0 bridgehead atoms. The molecule has 0 aromatic rings. The summed E-state index contributed by atoms with van der Waals surface area (Å²) in [5.41, 5.74) is -0.208. The zero-order chi connectivity index (χ0) is 40.2. The number of esters is 1. The molecule has 1 unspecified atom stereocenters. The van der Waals surface area contributed by atoms with Crippen LogP contribution in [0.2, 0.25) is 0 Å². The second-order valence-electron chi connectivity index (χ2n) is 20.1. The van der Waals surface area contributed by atoms with Crippen LogP contribution in [0.15, 0.2) is 12.2 Å². The van der Waals surface area contributed by atoms with Gasteiger partial charge in [-0.1, -0.05) is 46.8 Å². The number of allylic oxidation sites excluding steroid dienone is 1. The third kappa shape index (κ3) is 6.06. The van der Waals surface area contributed by atoms with Gasteiger partial charge in [0, 0.05) is 0 Å². The number of carbonyl (C=O) groups excluding carboxylic acids is 1. The summed E-state index contributed by atoms with van der Waals surface area (Å²) >= 11 is 0. The maximum Gasteiger partial charge on any atom is 0.314 e. The average molecular weight is 781 g/mol. The van der Waals surface area contributed by atoms with Gasteiger partial charge in [0.25, 0.3) is 0 Å². The lowest BCUT2D eigenvalue weighted by atomic mass is 9.32. The average Bonchev–Trinajstić information content (AvgIpc) is 3.54. The second-order valence-corrected chi connectivity index (χ2v) is 20.1. The molecule has 8 N–H and O–H groups in total. The topological polar surface area (TPSA) is 216 Å². The molecule has 20 atom stereocenters. The minimum Gasteiger partial charge on any atom is -0.432 e. The Morgan fingerprint density at radius 2 is 1.27 bits per heavy atom. The fraction of sp³-hybridized carbons (Fsp3) is 0.929. The normalized spacial score (nSPS) is 54.7. The Hall–Kier alpha value is -1.23. The summed E-state index contributed by atoms with van der Waals surface area (Å²) in [7, 11) is 0. The molecule has 13 heteroatoms. The number of hydrogen-bond donors (Lipinski definition) is 8. The van der Waals surface area contributed by atoms with Gasteiger partial charge in [0.15, 0.2) is 6.29 Å². The van der Waals surface area contributed by atoms with Gasteiger partial charge in [-0.25, -0.2) is 0 Å². The fourth-order valence-electron chi connectivity index (χ4n) is 14.4. The van der Waals surface area contributed by atoms with Crippen LogP contribution in [0.4, 0.5) is 0 Å². The minimum absolute atomic E-state index is 0.0142. The van der Waals surface area contributed by atoms with Crippen LogP contribution in [0, 0.1) is 56.7 Å². The summed E-state index contributed by atoms with van der Waals surface area (Å²) in [6.45, 7) is 17.3. The molecule has 0 radical (unpaired) electrons. The lowest BCUT2D eigenvalue weighted by Gasteiger charge is -2.73. The predicted molar refractivity (Wildman–Crippen MR) is 197 cm³/mol. The summed E-state index contributed by atoms with van der Waals surface area (Å²) in [6, 6.07) is 0. The maximum absolute atomic E-state index is 14.6. The van der Waals surface area contributed by atoms with E-state index in [2.05, 4.69) is 48.1 Å². The van der Waals surface area contributed by atoms with Crippen LogP contribution < -0.4 is 0 Å². The van der Waals surface area contributed by atoms with E-state index in [1.807, 2.05) is 0 Å². The van der Waals surface area contributed by atoms with Gasteiger partial charge in [-0.05, 0) is 122 Å². The molecule has 5 aliphatic carbocycles. The third-order valence-electron chi connectivity index (χ3n) is 17.6. The molecule has 0 spiro atoms. The van der Waals surface area contributed by atoms with Crippen molar-refractivity contribution in [1.29, 1.82) is 0 Å². The van der Waals surface area contributed by atoms with E-state index in [9.17, 15) is 45.6 Å². The van der Waals surface area contributed by atoms with E-state index in [1.165, 1.54) is 0 Å². The monoisotopic (exact) mass is 780 g/mol.